The molecule has 244 valence electrons. The van der Waals surface area contributed by atoms with Gasteiger partial charge in [-0.15, -0.1) is 0 Å². The summed E-state index contributed by atoms with van der Waals surface area (Å²) in [6.45, 7) is 13.8. The average molecular weight is 637 g/mol. The molecule has 2 aromatic rings. The van der Waals surface area contributed by atoms with Crippen LogP contribution in [0.3, 0.4) is 0 Å². The number of nitrogens with zero attached hydrogens (tertiary/aromatic N) is 3. The van der Waals surface area contributed by atoms with Crippen molar-refractivity contribution in [1.29, 1.82) is 0 Å². The van der Waals surface area contributed by atoms with Crippen molar-refractivity contribution in [2.45, 2.75) is 91.8 Å². The Balaban J connectivity index is 1.63. The second-order valence-corrected chi connectivity index (χ2v) is 14.3. The lowest BCUT2D eigenvalue weighted by molar-refractivity contribution is -0.133. The summed E-state index contributed by atoms with van der Waals surface area (Å²) < 4.78 is 5.98. The molecule has 1 heterocycles. The zero-order valence-electron chi connectivity index (χ0n) is 27.5. The van der Waals surface area contributed by atoms with Crippen LogP contribution >= 0.6 is 11.6 Å². The van der Waals surface area contributed by atoms with E-state index in [1.807, 2.05) is 29.2 Å². The Labute approximate surface area is 272 Å². The minimum atomic E-state index is -0.637. The monoisotopic (exact) mass is 636 g/mol. The zero-order chi connectivity index (χ0) is 32.9. The van der Waals surface area contributed by atoms with E-state index < -0.39 is 5.66 Å². The molecule has 9 nitrogen and oxygen atoms in total. The van der Waals surface area contributed by atoms with Crippen molar-refractivity contribution in [1.82, 2.24) is 10.2 Å². The van der Waals surface area contributed by atoms with Gasteiger partial charge in [-0.1, -0.05) is 65.3 Å². The maximum atomic E-state index is 14.4. The van der Waals surface area contributed by atoms with Crippen LogP contribution in [0.2, 0.25) is 5.02 Å². The lowest BCUT2D eigenvalue weighted by atomic mass is 9.76. The first-order valence-electron chi connectivity index (χ1n) is 16.0. The van der Waals surface area contributed by atoms with Gasteiger partial charge in [-0.2, -0.15) is 5.10 Å². The number of benzene rings is 2. The van der Waals surface area contributed by atoms with Gasteiger partial charge in [-0.05, 0) is 91.7 Å². The standard InChI is InChI=1S/C35H49ClN6O3/c1-7-28(24-8-10-25(11-9-24)32(43)39-21-30(37)41-38)42-33(44)31(40-35(42)16-14-23(15-17-35)22(2)3)26-12-13-29(27(36)20-26)45-19-18-34(4,5)6/h8-13,20,22-23,28H,7,14-19,21,38H2,1-6H3,(H2,37,41)(H,39,43). The third kappa shape index (κ3) is 7.98. The van der Waals surface area contributed by atoms with Crippen molar-refractivity contribution in [3.8, 4) is 5.75 Å². The summed E-state index contributed by atoms with van der Waals surface area (Å²) in [5, 5.41) is 6.56. The summed E-state index contributed by atoms with van der Waals surface area (Å²) >= 11 is 6.69. The topological polar surface area (TPSA) is 135 Å². The van der Waals surface area contributed by atoms with E-state index in [-0.39, 0.29) is 35.7 Å². The van der Waals surface area contributed by atoms with E-state index in [2.05, 4.69) is 52.0 Å². The number of amidine groups is 1. The van der Waals surface area contributed by atoms with E-state index in [9.17, 15) is 9.59 Å². The lowest BCUT2D eigenvalue weighted by Crippen LogP contribution is -2.51. The number of nitrogens with one attached hydrogen (secondary N) is 1. The van der Waals surface area contributed by atoms with Crippen LogP contribution < -0.4 is 21.6 Å². The van der Waals surface area contributed by atoms with Crippen LogP contribution in [0.15, 0.2) is 52.6 Å². The summed E-state index contributed by atoms with van der Waals surface area (Å²) in [6, 6.07) is 12.7. The summed E-state index contributed by atoms with van der Waals surface area (Å²) in [4.78, 5) is 34.3. The van der Waals surface area contributed by atoms with Gasteiger partial charge in [0, 0.05) is 11.1 Å². The van der Waals surface area contributed by atoms with Crippen molar-refractivity contribution in [2.75, 3.05) is 13.2 Å². The number of ether oxygens (including phenoxy) is 1. The highest BCUT2D eigenvalue weighted by molar-refractivity contribution is 6.47. The molecular weight excluding hydrogens is 588 g/mol. The van der Waals surface area contributed by atoms with Crippen LogP contribution in [-0.2, 0) is 4.79 Å². The van der Waals surface area contributed by atoms with E-state index in [1.54, 1.807) is 18.2 Å². The molecule has 0 aromatic heterocycles. The number of nitrogens with two attached hydrogens (primary N) is 2. The van der Waals surface area contributed by atoms with E-state index >= 15 is 0 Å². The number of hydrazone groups is 1. The maximum absolute atomic E-state index is 14.4. The summed E-state index contributed by atoms with van der Waals surface area (Å²) in [5.74, 6) is 6.70. The first kappa shape index (κ1) is 34.3. The molecule has 1 aliphatic heterocycles. The molecule has 45 heavy (non-hydrogen) atoms. The number of halogens is 1. The van der Waals surface area contributed by atoms with Crippen LogP contribution in [0.25, 0.3) is 0 Å². The number of amides is 2. The van der Waals surface area contributed by atoms with Crippen molar-refractivity contribution in [3.63, 3.8) is 0 Å². The van der Waals surface area contributed by atoms with Gasteiger partial charge in [0.25, 0.3) is 11.8 Å². The molecule has 10 heteroatoms. The molecule has 0 bridgehead atoms. The zero-order valence-corrected chi connectivity index (χ0v) is 28.3. The number of rotatable bonds is 11. The van der Waals surface area contributed by atoms with Crippen LogP contribution in [-0.4, -0.2) is 47.1 Å². The molecule has 5 N–H and O–H groups in total. The Morgan fingerprint density at radius 2 is 1.84 bits per heavy atom. The normalized spacial score (nSPS) is 21.3. The number of aliphatic imine (C=N–C) groups is 1. The van der Waals surface area contributed by atoms with Crippen LogP contribution in [0.5, 0.6) is 5.75 Å². The summed E-state index contributed by atoms with van der Waals surface area (Å²) in [5.41, 5.74) is 7.69. The highest BCUT2D eigenvalue weighted by atomic mass is 35.5. The molecule has 1 spiro atoms. The lowest BCUT2D eigenvalue weighted by Gasteiger charge is -2.46. The predicted molar refractivity (Wildman–Crippen MR) is 182 cm³/mol. The van der Waals surface area contributed by atoms with Crippen LogP contribution in [0.1, 0.15) is 108 Å². The summed E-state index contributed by atoms with van der Waals surface area (Å²) in [7, 11) is 0. The highest BCUT2D eigenvalue weighted by Crippen LogP contribution is 2.48. The molecule has 2 amide bonds. The highest BCUT2D eigenvalue weighted by Gasteiger charge is 2.51. The molecule has 1 atom stereocenters. The Bertz CT molecular complexity index is 1420. The smallest absolute Gasteiger partial charge is 0.275 e. The summed E-state index contributed by atoms with van der Waals surface area (Å²) in [6.07, 6.45) is 5.20. The molecule has 1 saturated carbocycles. The number of carbonyl (C=O) groups excluding carboxylic acids is 2. The van der Waals surface area contributed by atoms with E-state index in [1.165, 1.54) is 0 Å². The predicted octanol–water partition coefficient (Wildman–Crippen LogP) is 6.44. The SMILES string of the molecule is CCC(c1ccc(C(=O)NC/C(N)=N/N)cc1)N1C(=O)C(c2ccc(OCCC(C)(C)C)c(Cl)c2)=NC12CCC(C(C)C)CC2. The van der Waals surface area contributed by atoms with Crippen molar-refractivity contribution < 1.29 is 14.3 Å². The molecular formula is C35H49ClN6O3. The third-order valence-corrected chi connectivity index (χ3v) is 9.43. The van der Waals surface area contributed by atoms with E-state index in [0.717, 1.165) is 37.7 Å². The molecule has 2 aromatic carbocycles. The van der Waals surface area contributed by atoms with Gasteiger partial charge in [0.05, 0.1) is 24.2 Å². The van der Waals surface area contributed by atoms with E-state index in [4.69, 9.17) is 32.9 Å². The minimum Gasteiger partial charge on any atom is -0.492 e. The molecule has 1 aliphatic carbocycles. The molecule has 0 radical (unpaired) electrons. The second-order valence-electron chi connectivity index (χ2n) is 13.9. The van der Waals surface area contributed by atoms with Crippen molar-refractivity contribution in [2.24, 2.45) is 38.9 Å². The molecule has 0 saturated heterocycles. The van der Waals surface area contributed by atoms with Gasteiger partial charge in [0.2, 0.25) is 0 Å². The molecule has 2 aliphatic rings. The van der Waals surface area contributed by atoms with Gasteiger partial charge >= 0.3 is 0 Å². The fraction of sp³-hybridized carbons (Fsp3) is 0.543. The maximum Gasteiger partial charge on any atom is 0.275 e. The first-order valence-corrected chi connectivity index (χ1v) is 16.4. The Kier molecular flexibility index (Phi) is 10.8. The first-order chi connectivity index (χ1) is 21.3. The third-order valence-electron chi connectivity index (χ3n) is 9.13. The Morgan fingerprint density at radius 3 is 2.40 bits per heavy atom. The quantitative estimate of drug-likeness (QED) is 0.113. The number of hydrogen-bond acceptors (Lipinski definition) is 6. The fourth-order valence-corrected chi connectivity index (χ4v) is 6.56. The van der Waals surface area contributed by atoms with Gasteiger partial charge in [-0.25, -0.2) is 0 Å². The van der Waals surface area contributed by atoms with Crippen LogP contribution in [0.4, 0.5) is 0 Å². The van der Waals surface area contributed by atoms with Gasteiger partial charge in [0.15, 0.2) is 0 Å². The second kappa shape index (κ2) is 14.2. The number of hydrogen-bond donors (Lipinski definition) is 3. The van der Waals surface area contributed by atoms with E-state index in [0.29, 0.717) is 52.5 Å². The Hall–Kier alpha value is -3.59. The Morgan fingerprint density at radius 1 is 1.18 bits per heavy atom. The molecule has 4 rings (SSSR count). The number of carbonyl (C=O) groups is 2. The van der Waals surface area contributed by atoms with Gasteiger partial charge in [0.1, 0.15) is 23.0 Å². The van der Waals surface area contributed by atoms with Crippen molar-refractivity contribution in [3.05, 3.63) is 64.2 Å². The van der Waals surface area contributed by atoms with Gasteiger partial charge in [-0.3, -0.25) is 14.6 Å². The van der Waals surface area contributed by atoms with Crippen molar-refractivity contribution >= 4 is 35.0 Å². The average Bonchev–Trinajstić information content (AvgIpc) is 3.27. The van der Waals surface area contributed by atoms with Gasteiger partial charge < -0.3 is 26.5 Å². The fourth-order valence-electron chi connectivity index (χ4n) is 6.33. The van der Waals surface area contributed by atoms with Crippen LogP contribution in [0, 0.1) is 17.3 Å². The minimum absolute atomic E-state index is 0.0605. The largest absolute Gasteiger partial charge is 0.492 e. The molecule has 1 fully saturated rings. The molecule has 1 unspecified atom stereocenters.